The van der Waals surface area contributed by atoms with Gasteiger partial charge in [-0.25, -0.2) is 13.1 Å². The van der Waals surface area contributed by atoms with Crippen molar-refractivity contribution in [2.24, 2.45) is 0 Å². The van der Waals surface area contributed by atoms with E-state index in [9.17, 15) is 21.6 Å². The molecule has 0 radical (unpaired) electrons. The largest absolute Gasteiger partial charge is 0.404 e. The average molecular weight is 421 g/mol. The number of alkyl halides is 3. The van der Waals surface area contributed by atoms with E-state index in [-0.39, 0.29) is 12.5 Å². The fourth-order valence-corrected chi connectivity index (χ4v) is 3.80. The SMILES string of the molecule is O=S(=O)(CC(F)(F)F)NC[C@H]1OCCNC[C@H]1c1ccc(Cl)c(Cl)c1. The highest BCUT2D eigenvalue weighted by Gasteiger charge is 2.36. The zero-order valence-corrected chi connectivity index (χ0v) is 15.3. The van der Waals surface area contributed by atoms with Gasteiger partial charge in [0.1, 0.15) is 0 Å². The minimum atomic E-state index is -4.80. The van der Waals surface area contributed by atoms with Gasteiger partial charge in [0.05, 0.1) is 22.8 Å². The van der Waals surface area contributed by atoms with Crippen molar-refractivity contribution in [1.82, 2.24) is 10.0 Å². The molecule has 2 N–H and O–H groups in total. The maximum atomic E-state index is 12.3. The van der Waals surface area contributed by atoms with E-state index in [1.54, 1.807) is 18.2 Å². The third-order valence-corrected chi connectivity index (χ3v) is 5.71. The highest BCUT2D eigenvalue weighted by atomic mass is 35.5. The van der Waals surface area contributed by atoms with Gasteiger partial charge in [0.15, 0.2) is 5.75 Å². The van der Waals surface area contributed by atoms with Crippen molar-refractivity contribution in [3.63, 3.8) is 0 Å². The fraction of sp³-hybridized carbons (Fsp3) is 0.571. The number of halogens is 5. The second kappa shape index (κ2) is 8.41. The molecule has 1 saturated heterocycles. The van der Waals surface area contributed by atoms with Crippen LogP contribution < -0.4 is 10.0 Å². The van der Waals surface area contributed by atoms with E-state index in [4.69, 9.17) is 27.9 Å². The van der Waals surface area contributed by atoms with E-state index < -0.39 is 28.1 Å². The van der Waals surface area contributed by atoms with Crippen LogP contribution >= 0.6 is 23.2 Å². The topological polar surface area (TPSA) is 67.4 Å². The quantitative estimate of drug-likeness (QED) is 0.767. The van der Waals surface area contributed by atoms with Crippen LogP contribution in [0.15, 0.2) is 18.2 Å². The van der Waals surface area contributed by atoms with Gasteiger partial charge >= 0.3 is 6.18 Å². The first-order valence-corrected chi connectivity index (χ1v) is 9.79. The second-order valence-corrected chi connectivity index (χ2v) is 8.24. The molecule has 0 amide bonds. The molecule has 142 valence electrons. The molecule has 1 aliphatic rings. The summed E-state index contributed by atoms with van der Waals surface area (Å²) in [5.74, 6) is -2.23. The van der Waals surface area contributed by atoms with Gasteiger partial charge < -0.3 is 10.1 Å². The molecule has 5 nitrogen and oxygen atoms in total. The summed E-state index contributed by atoms with van der Waals surface area (Å²) in [4.78, 5) is 0. The number of rotatable bonds is 5. The van der Waals surface area contributed by atoms with E-state index in [0.29, 0.717) is 29.7 Å². The molecule has 2 atom stereocenters. The zero-order valence-electron chi connectivity index (χ0n) is 12.9. The van der Waals surface area contributed by atoms with Crippen LogP contribution in [0.4, 0.5) is 13.2 Å². The molecule has 0 bridgehead atoms. The van der Waals surface area contributed by atoms with Gasteiger partial charge in [-0.1, -0.05) is 29.3 Å². The molecule has 1 aromatic rings. The van der Waals surface area contributed by atoms with E-state index in [1.807, 2.05) is 4.72 Å². The monoisotopic (exact) mass is 420 g/mol. The maximum absolute atomic E-state index is 12.3. The Hall–Kier alpha value is -0.580. The number of hydrogen-bond acceptors (Lipinski definition) is 4. The average Bonchev–Trinajstić information content (AvgIpc) is 2.71. The van der Waals surface area contributed by atoms with Crippen molar-refractivity contribution in [3.8, 4) is 0 Å². The number of nitrogens with one attached hydrogen (secondary N) is 2. The molecule has 0 spiro atoms. The first-order valence-electron chi connectivity index (χ1n) is 7.39. The summed E-state index contributed by atoms with van der Waals surface area (Å²) in [6.45, 7) is 1.04. The van der Waals surface area contributed by atoms with Gasteiger partial charge in [0.2, 0.25) is 10.0 Å². The minimum absolute atomic E-state index is 0.273. The summed E-state index contributed by atoms with van der Waals surface area (Å²) < 4.78 is 67.7. The van der Waals surface area contributed by atoms with E-state index in [2.05, 4.69) is 5.32 Å². The Morgan fingerprint density at radius 1 is 1.28 bits per heavy atom. The molecule has 1 aromatic carbocycles. The Morgan fingerprint density at radius 2 is 2.00 bits per heavy atom. The summed E-state index contributed by atoms with van der Waals surface area (Å²) in [6, 6.07) is 4.98. The first kappa shape index (κ1) is 20.7. The van der Waals surface area contributed by atoms with Crippen molar-refractivity contribution in [1.29, 1.82) is 0 Å². The van der Waals surface area contributed by atoms with Gasteiger partial charge in [-0.3, -0.25) is 0 Å². The van der Waals surface area contributed by atoms with Crippen molar-refractivity contribution >= 4 is 33.2 Å². The van der Waals surface area contributed by atoms with Crippen molar-refractivity contribution in [2.75, 3.05) is 32.0 Å². The van der Waals surface area contributed by atoms with Crippen LogP contribution in [0.2, 0.25) is 10.0 Å². The van der Waals surface area contributed by atoms with Crippen LogP contribution in [0.1, 0.15) is 11.5 Å². The Kier molecular flexibility index (Phi) is 6.97. The molecule has 0 saturated carbocycles. The van der Waals surface area contributed by atoms with Gasteiger partial charge in [0, 0.05) is 25.6 Å². The number of hydrogen-bond donors (Lipinski definition) is 2. The van der Waals surface area contributed by atoms with Crippen LogP contribution in [0.25, 0.3) is 0 Å². The summed E-state index contributed by atoms with van der Waals surface area (Å²) in [7, 11) is -4.49. The van der Waals surface area contributed by atoms with Gasteiger partial charge in [-0.05, 0) is 17.7 Å². The normalized spacial score (nSPS) is 22.6. The lowest BCUT2D eigenvalue weighted by Crippen LogP contribution is -2.41. The molecule has 25 heavy (non-hydrogen) atoms. The molecular weight excluding hydrogens is 404 g/mol. The molecule has 0 unspecified atom stereocenters. The Balaban J connectivity index is 2.13. The highest BCUT2D eigenvalue weighted by Crippen LogP contribution is 2.29. The van der Waals surface area contributed by atoms with E-state index in [1.165, 1.54) is 0 Å². The van der Waals surface area contributed by atoms with Crippen LogP contribution in [0.3, 0.4) is 0 Å². The molecule has 1 aliphatic heterocycles. The van der Waals surface area contributed by atoms with E-state index in [0.717, 1.165) is 5.56 Å². The maximum Gasteiger partial charge on any atom is 0.404 e. The minimum Gasteiger partial charge on any atom is -0.375 e. The predicted octanol–water partition coefficient (Wildman–Crippen LogP) is 2.55. The lowest BCUT2D eigenvalue weighted by molar-refractivity contribution is -0.106. The van der Waals surface area contributed by atoms with Crippen molar-refractivity contribution in [2.45, 2.75) is 18.2 Å². The van der Waals surface area contributed by atoms with Gasteiger partial charge in [-0.2, -0.15) is 13.2 Å². The van der Waals surface area contributed by atoms with Crippen LogP contribution in [-0.4, -0.2) is 52.7 Å². The Bertz CT molecular complexity index is 701. The molecule has 11 heteroatoms. The summed E-state index contributed by atoms with van der Waals surface area (Å²) in [5, 5.41) is 3.84. The zero-order chi connectivity index (χ0) is 18.7. The van der Waals surface area contributed by atoms with Crippen LogP contribution in [0, 0.1) is 0 Å². The number of ether oxygens (including phenoxy) is 1. The summed E-state index contributed by atoms with van der Waals surface area (Å²) >= 11 is 11.9. The standard InChI is InChI=1S/C14H17Cl2F3N2O3S/c15-11-2-1-9(5-12(11)16)10-6-20-3-4-24-13(10)7-21-25(22,23)8-14(17,18)19/h1-2,5,10,13,20-21H,3-4,6-8H2/t10-,13+/m0/s1. The van der Waals surface area contributed by atoms with Crippen molar-refractivity contribution < 1.29 is 26.3 Å². The smallest absolute Gasteiger partial charge is 0.375 e. The van der Waals surface area contributed by atoms with Gasteiger partial charge in [-0.15, -0.1) is 0 Å². The lowest BCUT2D eigenvalue weighted by atomic mass is 9.93. The number of benzene rings is 1. The third-order valence-electron chi connectivity index (χ3n) is 3.65. The summed E-state index contributed by atoms with van der Waals surface area (Å²) in [5.41, 5.74) is 0.754. The first-order chi connectivity index (χ1) is 11.6. The van der Waals surface area contributed by atoms with E-state index >= 15 is 0 Å². The predicted molar refractivity (Wildman–Crippen MR) is 89.7 cm³/mol. The highest BCUT2D eigenvalue weighted by molar-refractivity contribution is 7.89. The molecule has 2 rings (SSSR count). The molecular formula is C14H17Cl2F3N2O3S. The van der Waals surface area contributed by atoms with Crippen LogP contribution in [-0.2, 0) is 14.8 Å². The Morgan fingerprint density at radius 3 is 2.64 bits per heavy atom. The molecule has 0 aliphatic carbocycles. The third kappa shape index (κ3) is 6.58. The molecule has 0 aromatic heterocycles. The molecule has 1 fully saturated rings. The molecule has 1 heterocycles. The fourth-order valence-electron chi connectivity index (χ4n) is 2.54. The van der Waals surface area contributed by atoms with Crippen LogP contribution in [0.5, 0.6) is 0 Å². The Labute approximate surface area is 153 Å². The lowest BCUT2D eigenvalue weighted by Gasteiger charge is -2.25. The van der Waals surface area contributed by atoms with Gasteiger partial charge in [0.25, 0.3) is 0 Å². The summed E-state index contributed by atoms with van der Waals surface area (Å²) in [6.07, 6.45) is -5.45. The van der Waals surface area contributed by atoms with Crippen molar-refractivity contribution in [3.05, 3.63) is 33.8 Å². The number of sulfonamides is 1. The second-order valence-electron chi connectivity index (χ2n) is 5.62.